The molecule has 122 valence electrons. The lowest BCUT2D eigenvalue weighted by molar-refractivity contribution is 0.237. The molecule has 2 aromatic rings. The van der Waals surface area contributed by atoms with Gasteiger partial charge in [0.05, 0.1) is 23.9 Å². The van der Waals surface area contributed by atoms with Crippen LogP contribution in [0.25, 0.3) is 0 Å². The molecule has 1 atom stereocenters. The molecular weight excluding hydrogens is 312 g/mol. The van der Waals surface area contributed by atoms with E-state index in [2.05, 4.69) is 20.6 Å². The van der Waals surface area contributed by atoms with Crippen molar-refractivity contribution in [3.05, 3.63) is 40.0 Å². The summed E-state index contributed by atoms with van der Waals surface area (Å²) in [4.78, 5) is 20.7. The molecule has 1 fully saturated rings. The van der Waals surface area contributed by atoms with Crippen molar-refractivity contribution < 1.29 is 9.53 Å². The molecule has 1 saturated carbocycles. The molecule has 0 aliphatic heterocycles. The highest BCUT2D eigenvalue weighted by Gasteiger charge is 2.27. The third-order valence-electron chi connectivity index (χ3n) is 3.72. The first-order valence-corrected chi connectivity index (χ1v) is 8.52. The van der Waals surface area contributed by atoms with Gasteiger partial charge < -0.3 is 15.4 Å². The Morgan fingerprint density at radius 1 is 1.48 bits per heavy atom. The number of amides is 2. The molecule has 2 N–H and O–H groups in total. The third kappa shape index (κ3) is 4.19. The second kappa shape index (κ2) is 6.95. The Balaban J connectivity index is 1.47. The molecule has 7 heteroatoms. The number of thiazole rings is 1. The van der Waals surface area contributed by atoms with Crippen LogP contribution in [0.4, 0.5) is 4.79 Å². The summed E-state index contributed by atoms with van der Waals surface area (Å²) in [6, 6.07) is 3.33. The Labute approximate surface area is 139 Å². The summed E-state index contributed by atoms with van der Waals surface area (Å²) in [5.74, 6) is 1.21. The summed E-state index contributed by atoms with van der Waals surface area (Å²) in [6.45, 7) is 2.36. The van der Waals surface area contributed by atoms with Crippen molar-refractivity contribution >= 4 is 17.4 Å². The summed E-state index contributed by atoms with van der Waals surface area (Å²) in [5.41, 5.74) is 1.84. The molecule has 0 spiro atoms. The lowest BCUT2D eigenvalue weighted by Gasteiger charge is -2.12. The minimum atomic E-state index is -0.214. The summed E-state index contributed by atoms with van der Waals surface area (Å²) in [5, 5.41) is 8.96. The maximum absolute atomic E-state index is 12.0. The van der Waals surface area contributed by atoms with Gasteiger partial charge in [0, 0.05) is 30.1 Å². The van der Waals surface area contributed by atoms with Crippen LogP contribution in [0.15, 0.2) is 23.7 Å². The van der Waals surface area contributed by atoms with E-state index in [0.717, 1.165) is 11.3 Å². The number of methoxy groups -OCH3 is 1. The van der Waals surface area contributed by atoms with Crippen LogP contribution in [-0.2, 0) is 6.54 Å². The number of rotatable bonds is 6. The van der Waals surface area contributed by atoms with Gasteiger partial charge in [0.25, 0.3) is 0 Å². The monoisotopic (exact) mass is 332 g/mol. The van der Waals surface area contributed by atoms with E-state index in [1.54, 1.807) is 30.7 Å². The molecule has 0 unspecified atom stereocenters. The van der Waals surface area contributed by atoms with Crippen LogP contribution in [-0.4, -0.2) is 23.1 Å². The van der Waals surface area contributed by atoms with Crippen LogP contribution in [0, 0.1) is 0 Å². The Morgan fingerprint density at radius 3 is 2.96 bits per heavy atom. The van der Waals surface area contributed by atoms with E-state index in [9.17, 15) is 4.79 Å². The highest BCUT2D eigenvalue weighted by molar-refractivity contribution is 7.09. The van der Waals surface area contributed by atoms with E-state index in [0.29, 0.717) is 18.3 Å². The van der Waals surface area contributed by atoms with Crippen molar-refractivity contribution in [2.24, 2.45) is 0 Å². The Morgan fingerprint density at radius 2 is 2.30 bits per heavy atom. The zero-order valence-corrected chi connectivity index (χ0v) is 14.0. The van der Waals surface area contributed by atoms with Gasteiger partial charge in [0.2, 0.25) is 5.88 Å². The molecule has 2 heterocycles. The topological polar surface area (TPSA) is 76.1 Å². The maximum atomic E-state index is 12.0. The number of urea groups is 1. The number of pyridine rings is 1. The van der Waals surface area contributed by atoms with E-state index in [1.165, 1.54) is 17.8 Å². The van der Waals surface area contributed by atoms with Gasteiger partial charge in [-0.2, -0.15) is 0 Å². The van der Waals surface area contributed by atoms with Crippen molar-refractivity contribution in [1.29, 1.82) is 0 Å². The number of aromatic nitrogens is 2. The van der Waals surface area contributed by atoms with E-state index in [1.807, 2.05) is 18.4 Å². The van der Waals surface area contributed by atoms with Crippen LogP contribution in [0.2, 0.25) is 0 Å². The number of ether oxygens (including phenoxy) is 1. The van der Waals surface area contributed by atoms with Crippen LogP contribution in [0.3, 0.4) is 0 Å². The van der Waals surface area contributed by atoms with Crippen molar-refractivity contribution in [1.82, 2.24) is 20.6 Å². The first-order valence-electron chi connectivity index (χ1n) is 7.64. The van der Waals surface area contributed by atoms with Gasteiger partial charge in [-0.15, -0.1) is 11.3 Å². The average Bonchev–Trinajstić information content (AvgIpc) is 3.30. The second-order valence-electron chi connectivity index (χ2n) is 5.64. The van der Waals surface area contributed by atoms with Crippen LogP contribution in [0.5, 0.6) is 5.88 Å². The van der Waals surface area contributed by atoms with Gasteiger partial charge >= 0.3 is 6.03 Å². The molecule has 3 rings (SSSR count). The molecule has 0 saturated heterocycles. The van der Waals surface area contributed by atoms with Gasteiger partial charge in [-0.3, -0.25) is 0 Å². The zero-order valence-electron chi connectivity index (χ0n) is 13.2. The first-order chi connectivity index (χ1) is 11.2. The standard InChI is InChI=1S/C16H20N4O2S/c1-10(13-9-23-15(20-13)12-4-5-12)19-16(21)18-8-11-3-6-14(22-2)17-7-11/h3,6-7,9-10,12H,4-5,8H2,1-2H3,(H2,18,19,21)/t10-/m0/s1. The van der Waals surface area contributed by atoms with Gasteiger partial charge in [-0.25, -0.2) is 14.8 Å². The van der Waals surface area contributed by atoms with E-state index in [-0.39, 0.29) is 12.1 Å². The number of carbonyl (C=O) groups excluding carboxylic acids is 1. The fourth-order valence-corrected chi connectivity index (χ4v) is 3.24. The first kappa shape index (κ1) is 15.7. The zero-order chi connectivity index (χ0) is 16.2. The Kier molecular flexibility index (Phi) is 4.76. The molecule has 0 aromatic carbocycles. The number of nitrogens with one attached hydrogen (secondary N) is 2. The maximum Gasteiger partial charge on any atom is 0.315 e. The smallest absolute Gasteiger partial charge is 0.315 e. The molecule has 2 aromatic heterocycles. The van der Waals surface area contributed by atoms with Crippen molar-refractivity contribution in [2.45, 2.75) is 38.3 Å². The lowest BCUT2D eigenvalue weighted by atomic mass is 10.2. The highest BCUT2D eigenvalue weighted by Crippen LogP contribution is 2.41. The van der Waals surface area contributed by atoms with Gasteiger partial charge in [-0.05, 0) is 25.3 Å². The molecule has 6 nitrogen and oxygen atoms in total. The van der Waals surface area contributed by atoms with Crippen LogP contribution >= 0.6 is 11.3 Å². The van der Waals surface area contributed by atoms with Gasteiger partial charge in [0.15, 0.2) is 0 Å². The molecule has 23 heavy (non-hydrogen) atoms. The van der Waals surface area contributed by atoms with Crippen LogP contribution < -0.4 is 15.4 Å². The predicted octanol–water partition coefficient (Wildman–Crippen LogP) is 2.98. The third-order valence-corrected chi connectivity index (χ3v) is 4.74. The largest absolute Gasteiger partial charge is 0.481 e. The molecule has 2 amide bonds. The SMILES string of the molecule is COc1ccc(CNC(=O)N[C@@H](C)c2csc(C3CC3)n2)cn1. The Bertz CT molecular complexity index is 667. The number of nitrogens with zero attached hydrogens (tertiary/aromatic N) is 2. The average molecular weight is 332 g/mol. The highest BCUT2D eigenvalue weighted by atomic mass is 32.1. The number of hydrogen-bond acceptors (Lipinski definition) is 5. The fraction of sp³-hybridized carbons (Fsp3) is 0.438. The minimum Gasteiger partial charge on any atom is -0.481 e. The number of carbonyl (C=O) groups is 1. The van der Waals surface area contributed by atoms with Crippen LogP contribution in [0.1, 0.15) is 48.0 Å². The summed E-state index contributed by atoms with van der Waals surface area (Å²) >= 11 is 1.69. The lowest BCUT2D eigenvalue weighted by Crippen LogP contribution is -2.36. The van der Waals surface area contributed by atoms with Crippen molar-refractivity contribution in [3.8, 4) is 5.88 Å². The summed E-state index contributed by atoms with van der Waals surface area (Å²) in [7, 11) is 1.57. The van der Waals surface area contributed by atoms with Crippen molar-refractivity contribution in [3.63, 3.8) is 0 Å². The number of hydrogen-bond donors (Lipinski definition) is 2. The van der Waals surface area contributed by atoms with E-state index in [4.69, 9.17) is 4.74 Å². The predicted molar refractivity (Wildman–Crippen MR) is 88.7 cm³/mol. The molecule has 1 aliphatic carbocycles. The van der Waals surface area contributed by atoms with E-state index >= 15 is 0 Å². The quantitative estimate of drug-likeness (QED) is 0.852. The summed E-state index contributed by atoms with van der Waals surface area (Å²) < 4.78 is 5.00. The minimum absolute atomic E-state index is 0.104. The molecular formula is C16H20N4O2S. The molecule has 0 bridgehead atoms. The van der Waals surface area contributed by atoms with Gasteiger partial charge in [-0.1, -0.05) is 6.07 Å². The fourth-order valence-electron chi connectivity index (χ4n) is 2.16. The van der Waals surface area contributed by atoms with Crippen molar-refractivity contribution in [2.75, 3.05) is 7.11 Å². The normalized spacial score (nSPS) is 15.0. The molecule has 0 radical (unpaired) electrons. The van der Waals surface area contributed by atoms with Gasteiger partial charge in [0.1, 0.15) is 0 Å². The van der Waals surface area contributed by atoms with E-state index < -0.39 is 0 Å². The summed E-state index contributed by atoms with van der Waals surface area (Å²) in [6.07, 6.45) is 4.17. The Hall–Kier alpha value is -2.15. The second-order valence-corrected chi connectivity index (χ2v) is 6.53. The molecule has 1 aliphatic rings.